The second-order valence-corrected chi connectivity index (χ2v) is 5.46. The Morgan fingerprint density at radius 1 is 1.40 bits per heavy atom. The lowest BCUT2D eigenvalue weighted by atomic mass is 10.1. The Kier molecular flexibility index (Phi) is 5.27. The van der Waals surface area contributed by atoms with Crippen molar-refractivity contribution in [3.8, 4) is 5.75 Å². The number of aromatic hydroxyl groups is 1. The second kappa shape index (κ2) is 7.17. The molecule has 1 atom stereocenters. The van der Waals surface area contributed by atoms with Gasteiger partial charge in [-0.3, -0.25) is 0 Å². The molecule has 1 aromatic carbocycles. The van der Waals surface area contributed by atoms with Crippen molar-refractivity contribution in [2.75, 3.05) is 6.54 Å². The summed E-state index contributed by atoms with van der Waals surface area (Å²) < 4.78 is 0. The normalized spacial score (nSPS) is 18.2. The number of amides is 2. The van der Waals surface area contributed by atoms with Crippen molar-refractivity contribution in [1.29, 1.82) is 0 Å². The molecule has 0 saturated carbocycles. The average molecular weight is 276 g/mol. The van der Waals surface area contributed by atoms with Crippen molar-refractivity contribution in [2.45, 2.75) is 51.6 Å². The van der Waals surface area contributed by atoms with Crippen LogP contribution in [0.4, 0.5) is 4.79 Å². The Balaban J connectivity index is 1.83. The number of likely N-dealkylation sites (tertiary alicyclic amines) is 1. The summed E-state index contributed by atoms with van der Waals surface area (Å²) in [5.41, 5.74) is 1.00. The van der Waals surface area contributed by atoms with E-state index in [1.165, 1.54) is 12.8 Å². The van der Waals surface area contributed by atoms with E-state index >= 15 is 0 Å². The van der Waals surface area contributed by atoms with E-state index < -0.39 is 0 Å². The average Bonchev–Trinajstić information content (AvgIpc) is 2.92. The van der Waals surface area contributed by atoms with Crippen LogP contribution in [0.5, 0.6) is 5.75 Å². The minimum Gasteiger partial charge on any atom is -0.508 e. The molecule has 4 nitrogen and oxygen atoms in total. The van der Waals surface area contributed by atoms with Gasteiger partial charge in [-0.1, -0.05) is 31.9 Å². The van der Waals surface area contributed by atoms with Gasteiger partial charge in [0, 0.05) is 19.1 Å². The zero-order valence-electron chi connectivity index (χ0n) is 12.1. The smallest absolute Gasteiger partial charge is 0.317 e. The number of carbonyl (C=O) groups excluding carboxylic acids is 1. The van der Waals surface area contributed by atoms with Crippen LogP contribution < -0.4 is 5.32 Å². The maximum absolute atomic E-state index is 12.2. The van der Waals surface area contributed by atoms with E-state index in [2.05, 4.69) is 12.2 Å². The highest BCUT2D eigenvalue weighted by molar-refractivity contribution is 5.74. The quantitative estimate of drug-likeness (QED) is 0.867. The van der Waals surface area contributed by atoms with E-state index in [0.29, 0.717) is 12.6 Å². The number of benzene rings is 1. The Hall–Kier alpha value is -1.71. The Bertz CT molecular complexity index is 431. The molecule has 0 unspecified atom stereocenters. The molecule has 110 valence electrons. The highest BCUT2D eigenvalue weighted by Crippen LogP contribution is 2.22. The first-order valence-corrected chi connectivity index (χ1v) is 7.53. The van der Waals surface area contributed by atoms with Gasteiger partial charge in [0.25, 0.3) is 0 Å². The third-order valence-electron chi connectivity index (χ3n) is 3.91. The number of nitrogens with one attached hydrogen (secondary N) is 1. The van der Waals surface area contributed by atoms with E-state index in [1.807, 2.05) is 17.0 Å². The van der Waals surface area contributed by atoms with Gasteiger partial charge in [-0.15, -0.1) is 0 Å². The van der Waals surface area contributed by atoms with Crippen LogP contribution in [0.25, 0.3) is 0 Å². The fraction of sp³-hybridized carbons (Fsp3) is 0.562. The lowest BCUT2D eigenvalue weighted by molar-refractivity contribution is 0.189. The molecule has 0 spiro atoms. The summed E-state index contributed by atoms with van der Waals surface area (Å²) in [5.74, 6) is 0.249. The molecule has 0 radical (unpaired) electrons. The summed E-state index contributed by atoms with van der Waals surface area (Å²) in [7, 11) is 0. The minimum absolute atomic E-state index is 0.0386. The third-order valence-corrected chi connectivity index (χ3v) is 3.91. The van der Waals surface area contributed by atoms with Crippen LogP contribution in [0, 0.1) is 0 Å². The fourth-order valence-electron chi connectivity index (χ4n) is 2.74. The monoisotopic (exact) mass is 276 g/mol. The van der Waals surface area contributed by atoms with Gasteiger partial charge in [0.05, 0.1) is 0 Å². The summed E-state index contributed by atoms with van der Waals surface area (Å²) in [6.07, 6.45) is 5.72. The number of urea groups is 1. The minimum atomic E-state index is 0.0386. The van der Waals surface area contributed by atoms with Crippen LogP contribution in [0.1, 0.15) is 44.6 Å². The lowest BCUT2D eigenvalue weighted by Crippen LogP contribution is -2.42. The van der Waals surface area contributed by atoms with E-state index in [1.54, 1.807) is 12.1 Å². The van der Waals surface area contributed by atoms with Crippen LogP contribution >= 0.6 is 0 Å². The molecule has 4 heteroatoms. The van der Waals surface area contributed by atoms with Crippen molar-refractivity contribution in [2.24, 2.45) is 0 Å². The second-order valence-electron chi connectivity index (χ2n) is 5.46. The predicted octanol–water partition coefficient (Wildman–Crippen LogP) is 3.26. The van der Waals surface area contributed by atoms with Crippen molar-refractivity contribution in [3.63, 3.8) is 0 Å². The first-order chi connectivity index (χ1) is 9.70. The van der Waals surface area contributed by atoms with Gasteiger partial charge < -0.3 is 15.3 Å². The van der Waals surface area contributed by atoms with Gasteiger partial charge in [-0.2, -0.15) is 0 Å². The third kappa shape index (κ3) is 3.89. The van der Waals surface area contributed by atoms with Crippen LogP contribution in [0.2, 0.25) is 0 Å². The number of phenolic OH excluding ortho intramolecular Hbond substituents is 1. The van der Waals surface area contributed by atoms with Crippen molar-refractivity contribution < 1.29 is 9.90 Å². The van der Waals surface area contributed by atoms with E-state index in [9.17, 15) is 9.90 Å². The van der Waals surface area contributed by atoms with E-state index in [4.69, 9.17) is 0 Å². The first-order valence-electron chi connectivity index (χ1n) is 7.53. The molecule has 1 aliphatic rings. The summed E-state index contributed by atoms with van der Waals surface area (Å²) >= 11 is 0. The molecule has 2 N–H and O–H groups in total. The van der Waals surface area contributed by atoms with Crippen LogP contribution in [0.3, 0.4) is 0 Å². The molecule has 1 fully saturated rings. The SMILES string of the molecule is CCCC[C@@H]1CCCN1C(=O)NCc1ccc(O)cc1. The largest absolute Gasteiger partial charge is 0.508 e. The summed E-state index contributed by atoms with van der Waals surface area (Å²) in [5, 5.41) is 12.2. The Morgan fingerprint density at radius 3 is 2.85 bits per heavy atom. The van der Waals surface area contributed by atoms with Crippen LogP contribution in [-0.2, 0) is 6.54 Å². The van der Waals surface area contributed by atoms with E-state index in [0.717, 1.165) is 31.4 Å². The molecule has 1 aromatic rings. The molecule has 20 heavy (non-hydrogen) atoms. The molecule has 1 aliphatic heterocycles. The van der Waals surface area contributed by atoms with Gasteiger partial charge in [-0.25, -0.2) is 4.79 Å². The number of phenols is 1. The lowest BCUT2D eigenvalue weighted by Gasteiger charge is -2.25. The predicted molar refractivity (Wildman–Crippen MR) is 79.6 cm³/mol. The molecular formula is C16H24N2O2. The number of hydrogen-bond acceptors (Lipinski definition) is 2. The molecule has 0 bridgehead atoms. The van der Waals surface area contributed by atoms with Gasteiger partial charge in [0.2, 0.25) is 0 Å². The molecule has 0 aliphatic carbocycles. The number of hydrogen-bond donors (Lipinski definition) is 2. The highest BCUT2D eigenvalue weighted by atomic mass is 16.3. The summed E-state index contributed by atoms with van der Waals surface area (Å²) in [4.78, 5) is 14.2. The van der Waals surface area contributed by atoms with Gasteiger partial charge >= 0.3 is 6.03 Å². The zero-order chi connectivity index (χ0) is 14.4. The standard InChI is InChI=1S/C16H24N2O2/c1-2-3-5-14-6-4-11-18(14)16(20)17-12-13-7-9-15(19)10-8-13/h7-10,14,19H,2-6,11-12H2,1H3,(H,17,20)/t14-/m1/s1. The van der Waals surface area contributed by atoms with Crippen molar-refractivity contribution in [3.05, 3.63) is 29.8 Å². The highest BCUT2D eigenvalue weighted by Gasteiger charge is 2.27. The molecule has 1 saturated heterocycles. The van der Waals surface area contributed by atoms with Crippen LogP contribution in [0.15, 0.2) is 24.3 Å². The van der Waals surface area contributed by atoms with Gasteiger partial charge in [-0.05, 0) is 37.0 Å². The maximum Gasteiger partial charge on any atom is 0.317 e. The van der Waals surface area contributed by atoms with Crippen molar-refractivity contribution in [1.82, 2.24) is 10.2 Å². The van der Waals surface area contributed by atoms with E-state index in [-0.39, 0.29) is 11.8 Å². The molecular weight excluding hydrogens is 252 g/mol. The zero-order valence-corrected chi connectivity index (χ0v) is 12.1. The van der Waals surface area contributed by atoms with Crippen molar-refractivity contribution >= 4 is 6.03 Å². The number of carbonyl (C=O) groups is 1. The van der Waals surface area contributed by atoms with Gasteiger partial charge in [0.1, 0.15) is 5.75 Å². The van der Waals surface area contributed by atoms with Crippen LogP contribution in [-0.4, -0.2) is 28.6 Å². The summed E-state index contributed by atoms with van der Waals surface area (Å²) in [6, 6.07) is 7.39. The Labute approximate surface area is 120 Å². The molecule has 2 rings (SSSR count). The molecule has 0 aromatic heterocycles. The Morgan fingerprint density at radius 2 is 2.15 bits per heavy atom. The molecule has 1 heterocycles. The summed E-state index contributed by atoms with van der Waals surface area (Å²) in [6.45, 7) is 3.57. The van der Waals surface area contributed by atoms with Gasteiger partial charge in [0.15, 0.2) is 0 Å². The number of rotatable bonds is 5. The topological polar surface area (TPSA) is 52.6 Å². The maximum atomic E-state index is 12.2. The number of unbranched alkanes of at least 4 members (excludes halogenated alkanes) is 1. The molecule has 2 amide bonds. The fourth-order valence-corrected chi connectivity index (χ4v) is 2.74. The number of nitrogens with zero attached hydrogens (tertiary/aromatic N) is 1. The first kappa shape index (κ1) is 14.7.